The molecule has 0 bridgehead atoms. The predicted molar refractivity (Wildman–Crippen MR) is 59.3 cm³/mol. The van der Waals surface area contributed by atoms with E-state index in [9.17, 15) is 4.79 Å². The van der Waals surface area contributed by atoms with Gasteiger partial charge in [-0.15, -0.1) is 0 Å². The van der Waals surface area contributed by atoms with Crippen molar-refractivity contribution in [3.8, 4) is 0 Å². The van der Waals surface area contributed by atoms with Crippen LogP contribution in [-0.4, -0.2) is 19.4 Å². The summed E-state index contributed by atoms with van der Waals surface area (Å²) in [5.41, 5.74) is 0. The molecule has 1 saturated carbocycles. The number of anilines is 1. The van der Waals surface area contributed by atoms with Gasteiger partial charge < -0.3 is 9.32 Å². The molecule has 0 saturated heterocycles. The van der Waals surface area contributed by atoms with Crippen molar-refractivity contribution in [2.24, 2.45) is 11.8 Å². The van der Waals surface area contributed by atoms with E-state index in [0.717, 1.165) is 24.3 Å². The Morgan fingerprint density at radius 2 is 2.27 bits per heavy atom. The van der Waals surface area contributed by atoms with E-state index in [1.54, 1.807) is 6.07 Å². The number of nitrogens with zero attached hydrogens (tertiary/aromatic N) is 1. The number of carbonyl (C=O) groups excluding carboxylic acids is 1. The smallest absolute Gasteiger partial charge is 0.196 e. The molecule has 1 fully saturated rings. The highest BCUT2D eigenvalue weighted by Crippen LogP contribution is 2.38. The molecule has 0 amide bonds. The van der Waals surface area contributed by atoms with E-state index in [0.29, 0.717) is 5.76 Å². The number of hydrogen-bond donors (Lipinski definition) is 0. The lowest BCUT2D eigenvalue weighted by molar-refractivity contribution is 0.0988. The normalized spacial score (nSPS) is 23.9. The quantitative estimate of drug-likeness (QED) is 0.711. The molecule has 1 aliphatic carbocycles. The Balaban J connectivity index is 1.98. The van der Waals surface area contributed by atoms with Gasteiger partial charge in [0.1, 0.15) is 0 Å². The van der Waals surface area contributed by atoms with Crippen LogP contribution in [0.25, 0.3) is 0 Å². The molecule has 0 radical (unpaired) electrons. The molecular formula is C12H17NO2. The monoisotopic (exact) mass is 207 g/mol. The van der Waals surface area contributed by atoms with Crippen LogP contribution < -0.4 is 4.90 Å². The van der Waals surface area contributed by atoms with Crippen LogP contribution in [0.1, 0.15) is 30.8 Å². The Bertz CT molecular complexity index is 369. The summed E-state index contributed by atoms with van der Waals surface area (Å²) in [5, 5.41) is 0. The molecule has 2 atom stereocenters. The zero-order valence-corrected chi connectivity index (χ0v) is 9.49. The average Bonchev–Trinajstić information content (AvgIpc) is 2.71. The highest BCUT2D eigenvalue weighted by molar-refractivity contribution is 5.91. The zero-order chi connectivity index (χ0) is 11.0. The standard InChI is InChI=1S/C12H17NO2/c1-8-6-10(8)7-13(3)12-5-4-11(15-12)9(2)14/h4-5,8,10H,6-7H2,1-3H3. The van der Waals surface area contributed by atoms with Gasteiger partial charge in [0, 0.05) is 26.6 Å². The summed E-state index contributed by atoms with van der Waals surface area (Å²) < 4.78 is 5.45. The van der Waals surface area contributed by atoms with Crippen LogP contribution in [0.3, 0.4) is 0 Å². The lowest BCUT2D eigenvalue weighted by atomic mass is 10.3. The van der Waals surface area contributed by atoms with Crippen LogP contribution in [0.15, 0.2) is 16.5 Å². The third kappa shape index (κ3) is 2.22. The molecule has 0 spiro atoms. The minimum absolute atomic E-state index is 0.0190. The number of carbonyl (C=O) groups is 1. The topological polar surface area (TPSA) is 33.5 Å². The fourth-order valence-corrected chi connectivity index (χ4v) is 1.82. The fourth-order valence-electron chi connectivity index (χ4n) is 1.82. The molecule has 82 valence electrons. The van der Waals surface area contributed by atoms with Crippen LogP contribution in [0.2, 0.25) is 0 Å². The molecule has 3 heteroatoms. The van der Waals surface area contributed by atoms with Crippen LogP contribution in [0, 0.1) is 11.8 Å². The third-order valence-electron chi connectivity index (χ3n) is 3.10. The van der Waals surface area contributed by atoms with E-state index in [1.807, 2.05) is 13.1 Å². The first kappa shape index (κ1) is 10.3. The summed E-state index contributed by atoms with van der Waals surface area (Å²) in [6.45, 7) is 4.80. The van der Waals surface area contributed by atoms with Gasteiger partial charge in [-0.1, -0.05) is 6.92 Å². The Morgan fingerprint density at radius 1 is 1.60 bits per heavy atom. The molecule has 1 heterocycles. The van der Waals surface area contributed by atoms with Crippen molar-refractivity contribution in [2.75, 3.05) is 18.5 Å². The van der Waals surface area contributed by atoms with Gasteiger partial charge in [0.05, 0.1) is 0 Å². The second kappa shape index (κ2) is 3.72. The molecule has 0 N–H and O–H groups in total. The molecule has 2 unspecified atom stereocenters. The maximum atomic E-state index is 11.1. The molecule has 1 aliphatic rings. The highest BCUT2D eigenvalue weighted by atomic mass is 16.4. The largest absolute Gasteiger partial charge is 0.437 e. The first-order chi connectivity index (χ1) is 7.08. The van der Waals surface area contributed by atoms with Crippen molar-refractivity contribution in [2.45, 2.75) is 20.3 Å². The molecule has 3 nitrogen and oxygen atoms in total. The van der Waals surface area contributed by atoms with E-state index in [4.69, 9.17) is 4.42 Å². The number of rotatable bonds is 4. The molecular weight excluding hydrogens is 190 g/mol. The molecule has 2 rings (SSSR count). The number of hydrogen-bond acceptors (Lipinski definition) is 3. The Hall–Kier alpha value is -1.25. The maximum absolute atomic E-state index is 11.1. The summed E-state index contributed by atoms with van der Waals surface area (Å²) in [6, 6.07) is 3.61. The van der Waals surface area contributed by atoms with Gasteiger partial charge in [-0.2, -0.15) is 0 Å². The van der Waals surface area contributed by atoms with E-state index in [1.165, 1.54) is 13.3 Å². The van der Waals surface area contributed by atoms with Gasteiger partial charge in [-0.25, -0.2) is 0 Å². The van der Waals surface area contributed by atoms with Crippen molar-refractivity contribution in [1.29, 1.82) is 0 Å². The SMILES string of the molecule is CC(=O)c1ccc(N(C)CC2CC2C)o1. The Labute approximate surface area is 90.1 Å². The number of ketones is 1. The van der Waals surface area contributed by atoms with E-state index >= 15 is 0 Å². The van der Waals surface area contributed by atoms with Crippen molar-refractivity contribution < 1.29 is 9.21 Å². The molecule has 15 heavy (non-hydrogen) atoms. The molecule has 1 aromatic heterocycles. The van der Waals surface area contributed by atoms with E-state index < -0.39 is 0 Å². The van der Waals surface area contributed by atoms with E-state index in [2.05, 4.69) is 11.8 Å². The van der Waals surface area contributed by atoms with Crippen molar-refractivity contribution in [3.05, 3.63) is 17.9 Å². The molecule has 1 aromatic rings. The van der Waals surface area contributed by atoms with Crippen LogP contribution in [0.5, 0.6) is 0 Å². The molecule has 0 aromatic carbocycles. The zero-order valence-electron chi connectivity index (χ0n) is 9.49. The van der Waals surface area contributed by atoms with Gasteiger partial charge >= 0.3 is 0 Å². The third-order valence-corrected chi connectivity index (χ3v) is 3.10. The van der Waals surface area contributed by atoms with Crippen LogP contribution in [-0.2, 0) is 0 Å². The number of Topliss-reactive ketones (excluding diaryl/α,β-unsaturated/α-hetero) is 1. The summed E-state index contributed by atoms with van der Waals surface area (Å²) in [7, 11) is 2.01. The van der Waals surface area contributed by atoms with Gasteiger partial charge in [0.15, 0.2) is 17.4 Å². The summed E-state index contributed by atoms with van der Waals surface area (Å²) in [4.78, 5) is 13.1. The van der Waals surface area contributed by atoms with Crippen molar-refractivity contribution >= 4 is 11.7 Å². The van der Waals surface area contributed by atoms with Crippen LogP contribution in [0.4, 0.5) is 5.88 Å². The first-order valence-electron chi connectivity index (χ1n) is 5.40. The van der Waals surface area contributed by atoms with Crippen molar-refractivity contribution in [3.63, 3.8) is 0 Å². The lowest BCUT2D eigenvalue weighted by Crippen LogP contribution is -2.19. The van der Waals surface area contributed by atoms with Gasteiger partial charge in [0.2, 0.25) is 0 Å². The minimum Gasteiger partial charge on any atom is -0.437 e. The minimum atomic E-state index is -0.0190. The van der Waals surface area contributed by atoms with Crippen molar-refractivity contribution in [1.82, 2.24) is 0 Å². The molecule has 0 aliphatic heterocycles. The van der Waals surface area contributed by atoms with Crippen LogP contribution >= 0.6 is 0 Å². The maximum Gasteiger partial charge on any atom is 0.196 e. The Kier molecular flexibility index (Phi) is 2.55. The predicted octanol–water partition coefficient (Wildman–Crippen LogP) is 2.57. The van der Waals surface area contributed by atoms with E-state index in [-0.39, 0.29) is 5.78 Å². The lowest BCUT2D eigenvalue weighted by Gasteiger charge is -2.15. The summed E-state index contributed by atoms with van der Waals surface area (Å²) in [6.07, 6.45) is 1.31. The fraction of sp³-hybridized carbons (Fsp3) is 0.583. The number of furan rings is 1. The highest BCUT2D eigenvalue weighted by Gasteiger charge is 2.33. The van der Waals surface area contributed by atoms with Gasteiger partial charge in [0.25, 0.3) is 0 Å². The summed E-state index contributed by atoms with van der Waals surface area (Å²) >= 11 is 0. The second-order valence-corrected chi connectivity index (χ2v) is 4.55. The van der Waals surface area contributed by atoms with Gasteiger partial charge in [-0.3, -0.25) is 4.79 Å². The first-order valence-corrected chi connectivity index (χ1v) is 5.40. The summed E-state index contributed by atoms with van der Waals surface area (Å²) in [5.74, 6) is 2.85. The second-order valence-electron chi connectivity index (χ2n) is 4.55. The van der Waals surface area contributed by atoms with Gasteiger partial charge in [-0.05, 0) is 24.3 Å². The Morgan fingerprint density at radius 3 is 2.73 bits per heavy atom. The average molecular weight is 207 g/mol.